The van der Waals surface area contributed by atoms with Crippen LogP contribution in [-0.2, 0) is 28.6 Å². The van der Waals surface area contributed by atoms with Crippen LogP contribution in [0.2, 0.25) is 0 Å². The Kier molecular flexibility index (Phi) is 59.9. The van der Waals surface area contributed by atoms with Gasteiger partial charge in [0.1, 0.15) is 13.2 Å². The van der Waals surface area contributed by atoms with E-state index in [0.29, 0.717) is 19.3 Å². The van der Waals surface area contributed by atoms with Gasteiger partial charge in [-0.2, -0.15) is 0 Å². The molecule has 0 radical (unpaired) electrons. The number of carbonyl (C=O) groups is 3. The molecule has 0 aromatic heterocycles. The first-order valence-corrected chi connectivity index (χ1v) is 31.5. The molecule has 0 rings (SSSR count). The molecule has 0 N–H and O–H groups in total. The van der Waals surface area contributed by atoms with Gasteiger partial charge in [-0.05, 0) is 116 Å². The second kappa shape index (κ2) is 63.3. The van der Waals surface area contributed by atoms with Crippen molar-refractivity contribution < 1.29 is 28.6 Å². The monoisotopic (exact) mass is 1050 g/mol. The number of ether oxygens (including phenoxy) is 3. The molecule has 432 valence electrons. The predicted molar refractivity (Wildman–Crippen MR) is 330 cm³/mol. The smallest absolute Gasteiger partial charge is 0.306 e. The molecule has 0 saturated heterocycles. The summed E-state index contributed by atoms with van der Waals surface area (Å²) in [6.07, 6.45) is 87.8. The van der Waals surface area contributed by atoms with Crippen molar-refractivity contribution in [1.29, 1.82) is 0 Å². The van der Waals surface area contributed by atoms with Gasteiger partial charge in [-0.3, -0.25) is 14.4 Å². The standard InChI is InChI=1S/C70H116O6/c1-4-7-10-13-16-19-21-23-25-27-29-31-32-33-34-35-36-37-38-40-41-43-45-47-49-51-54-57-60-63-69(72)75-66-67(65-74-68(71)62-59-56-53-18-15-12-9-6-3)76-70(73)64-61-58-55-52-50-48-46-44-42-39-30-28-26-24-22-20-17-14-11-8-5-2/h7,10,16,19,22-25,28-31,33-34,36-37,40-42,44,67H,4-6,8-9,11-15,17-18,20-21,26-27,32,35,38-39,43,45-66H2,1-3H3/b10-7-,19-16-,24-22-,25-23-,30-28-,31-29-,34-33-,37-36-,41-40-,44-42-. The van der Waals surface area contributed by atoms with E-state index < -0.39 is 6.10 Å². The third-order valence-electron chi connectivity index (χ3n) is 13.2. The zero-order valence-corrected chi connectivity index (χ0v) is 49.5. The fraction of sp³-hybridized carbons (Fsp3) is 0.671. The Morgan fingerprint density at radius 3 is 0.803 bits per heavy atom. The maximum Gasteiger partial charge on any atom is 0.306 e. The first-order chi connectivity index (χ1) is 37.5. The number of hydrogen-bond acceptors (Lipinski definition) is 6. The molecule has 1 atom stereocenters. The molecule has 6 heteroatoms. The van der Waals surface area contributed by atoms with Crippen molar-refractivity contribution in [3.05, 3.63) is 122 Å². The minimum atomic E-state index is -0.791. The summed E-state index contributed by atoms with van der Waals surface area (Å²) in [7, 11) is 0. The van der Waals surface area contributed by atoms with Gasteiger partial charge in [-0.25, -0.2) is 0 Å². The van der Waals surface area contributed by atoms with Gasteiger partial charge in [0, 0.05) is 19.3 Å². The predicted octanol–water partition coefficient (Wildman–Crippen LogP) is 21.6. The normalized spacial score (nSPS) is 12.9. The van der Waals surface area contributed by atoms with Crippen molar-refractivity contribution in [2.24, 2.45) is 0 Å². The number of unbranched alkanes of at least 4 members (excludes halogenated alkanes) is 25. The van der Waals surface area contributed by atoms with Crippen molar-refractivity contribution >= 4 is 17.9 Å². The molecule has 0 aromatic rings. The minimum Gasteiger partial charge on any atom is -0.462 e. The Bertz CT molecular complexity index is 1590. The average molecular weight is 1050 g/mol. The summed E-state index contributed by atoms with van der Waals surface area (Å²) in [5, 5.41) is 0. The minimum absolute atomic E-state index is 0.0878. The molecule has 1 unspecified atom stereocenters. The Hall–Kier alpha value is -4.19. The summed E-state index contributed by atoms with van der Waals surface area (Å²) in [4.78, 5) is 38.1. The second-order valence-electron chi connectivity index (χ2n) is 20.6. The van der Waals surface area contributed by atoms with Gasteiger partial charge in [0.05, 0.1) is 0 Å². The van der Waals surface area contributed by atoms with Crippen LogP contribution in [0, 0.1) is 0 Å². The summed E-state index contributed by atoms with van der Waals surface area (Å²) >= 11 is 0. The molecule has 0 aliphatic rings. The van der Waals surface area contributed by atoms with Gasteiger partial charge in [0.15, 0.2) is 6.10 Å². The van der Waals surface area contributed by atoms with Crippen LogP contribution in [0.25, 0.3) is 0 Å². The van der Waals surface area contributed by atoms with Crippen LogP contribution in [0.4, 0.5) is 0 Å². The fourth-order valence-corrected chi connectivity index (χ4v) is 8.49. The molecule has 0 aliphatic carbocycles. The van der Waals surface area contributed by atoms with E-state index in [0.717, 1.165) is 135 Å². The number of carbonyl (C=O) groups excluding carboxylic acids is 3. The van der Waals surface area contributed by atoms with Crippen LogP contribution in [0.5, 0.6) is 0 Å². The van der Waals surface area contributed by atoms with Gasteiger partial charge < -0.3 is 14.2 Å². The Labute approximate surface area is 469 Å². The van der Waals surface area contributed by atoms with Crippen molar-refractivity contribution in [2.45, 2.75) is 290 Å². The van der Waals surface area contributed by atoms with E-state index in [1.54, 1.807) is 0 Å². The molecular formula is C70H116O6. The molecule has 76 heavy (non-hydrogen) atoms. The van der Waals surface area contributed by atoms with E-state index >= 15 is 0 Å². The zero-order chi connectivity index (χ0) is 55.0. The SMILES string of the molecule is CC/C=C\C/C=C\C/C=C\C/C=C\C/C=C\C/C=C\C/C=C\CCCCCCCCCC(=O)OCC(COC(=O)CCCCCCCCCC)OC(=O)CCCCCCCC/C=C\C/C=C\C/C=C\CCCCCCC. The van der Waals surface area contributed by atoms with Crippen LogP contribution >= 0.6 is 0 Å². The van der Waals surface area contributed by atoms with Crippen LogP contribution < -0.4 is 0 Å². The summed E-state index contributed by atoms with van der Waals surface area (Å²) in [6.45, 7) is 6.47. The van der Waals surface area contributed by atoms with E-state index in [-0.39, 0.29) is 31.1 Å². The Balaban J connectivity index is 4.26. The molecule has 0 amide bonds. The van der Waals surface area contributed by atoms with Crippen molar-refractivity contribution in [1.82, 2.24) is 0 Å². The zero-order valence-electron chi connectivity index (χ0n) is 49.5. The third kappa shape index (κ3) is 60.7. The molecule has 0 heterocycles. The summed E-state index contributed by atoms with van der Waals surface area (Å²) in [5.74, 6) is -0.914. The molecule has 0 saturated carbocycles. The Morgan fingerprint density at radius 2 is 0.513 bits per heavy atom. The van der Waals surface area contributed by atoms with Crippen LogP contribution in [0.15, 0.2) is 122 Å². The number of hydrogen-bond donors (Lipinski definition) is 0. The lowest BCUT2D eigenvalue weighted by Gasteiger charge is -2.18. The highest BCUT2D eigenvalue weighted by Crippen LogP contribution is 2.15. The summed E-state index contributed by atoms with van der Waals surface area (Å²) in [6, 6.07) is 0. The number of allylic oxidation sites excluding steroid dienone is 20. The van der Waals surface area contributed by atoms with Crippen molar-refractivity contribution in [3.8, 4) is 0 Å². The highest BCUT2D eigenvalue weighted by atomic mass is 16.6. The first-order valence-electron chi connectivity index (χ1n) is 31.5. The number of rotatable bonds is 56. The lowest BCUT2D eigenvalue weighted by Crippen LogP contribution is -2.30. The lowest BCUT2D eigenvalue weighted by atomic mass is 10.1. The fourth-order valence-electron chi connectivity index (χ4n) is 8.49. The van der Waals surface area contributed by atoms with E-state index in [4.69, 9.17) is 14.2 Å². The highest BCUT2D eigenvalue weighted by Gasteiger charge is 2.19. The van der Waals surface area contributed by atoms with Gasteiger partial charge in [0.25, 0.3) is 0 Å². The molecular weight excluding hydrogens is 937 g/mol. The molecule has 0 aliphatic heterocycles. The molecule has 0 aromatic carbocycles. The van der Waals surface area contributed by atoms with E-state index in [9.17, 15) is 14.4 Å². The van der Waals surface area contributed by atoms with Gasteiger partial charge in [-0.15, -0.1) is 0 Å². The quantitative estimate of drug-likeness (QED) is 0.0261. The highest BCUT2D eigenvalue weighted by molar-refractivity contribution is 5.71. The molecule has 6 nitrogen and oxygen atoms in total. The maximum absolute atomic E-state index is 12.9. The third-order valence-corrected chi connectivity index (χ3v) is 13.2. The van der Waals surface area contributed by atoms with E-state index in [1.807, 2.05) is 0 Å². The van der Waals surface area contributed by atoms with Gasteiger partial charge in [-0.1, -0.05) is 271 Å². The molecule has 0 fully saturated rings. The largest absolute Gasteiger partial charge is 0.462 e. The van der Waals surface area contributed by atoms with Crippen LogP contribution in [0.3, 0.4) is 0 Å². The van der Waals surface area contributed by atoms with Gasteiger partial charge in [0.2, 0.25) is 0 Å². The van der Waals surface area contributed by atoms with Crippen LogP contribution in [0.1, 0.15) is 284 Å². The van der Waals surface area contributed by atoms with E-state index in [2.05, 4.69) is 142 Å². The van der Waals surface area contributed by atoms with Crippen molar-refractivity contribution in [3.63, 3.8) is 0 Å². The van der Waals surface area contributed by atoms with E-state index in [1.165, 1.54) is 109 Å². The molecule has 0 bridgehead atoms. The Morgan fingerprint density at radius 1 is 0.276 bits per heavy atom. The second-order valence-corrected chi connectivity index (χ2v) is 20.6. The van der Waals surface area contributed by atoms with Gasteiger partial charge >= 0.3 is 17.9 Å². The topological polar surface area (TPSA) is 78.9 Å². The van der Waals surface area contributed by atoms with Crippen LogP contribution in [-0.4, -0.2) is 37.2 Å². The summed E-state index contributed by atoms with van der Waals surface area (Å²) in [5.41, 5.74) is 0. The average Bonchev–Trinajstić information content (AvgIpc) is 3.42. The number of esters is 3. The van der Waals surface area contributed by atoms with Crippen molar-refractivity contribution in [2.75, 3.05) is 13.2 Å². The maximum atomic E-state index is 12.9. The first kappa shape index (κ1) is 71.8. The molecule has 0 spiro atoms. The lowest BCUT2D eigenvalue weighted by molar-refractivity contribution is -0.167. The summed E-state index contributed by atoms with van der Waals surface area (Å²) < 4.78 is 16.8.